The Morgan fingerprint density at radius 2 is 2.00 bits per heavy atom. The first kappa shape index (κ1) is 13.2. The van der Waals surface area contributed by atoms with Crippen LogP contribution in [-0.2, 0) is 4.79 Å². The first-order chi connectivity index (χ1) is 7.91. The quantitative estimate of drug-likeness (QED) is 0.838. The van der Waals surface area contributed by atoms with Crippen LogP contribution in [0.2, 0.25) is 0 Å². The Hall–Kier alpha value is -1.91. The normalized spacial score (nSPS) is 12.2. The van der Waals surface area contributed by atoms with Crippen LogP contribution in [0.4, 0.5) is 5.82 Å². The molecule has 0 saturated heterocycles. The van der Waals surface area contributed by atoms with E-state index in [2.05, 4.69) is 10.3 Å². The highest BCUT2D eigenvalue weighted by atomic mass is 16.4. The molecule has 0 aliphatic carbocycles. The van der Waals surface area contributed by atoms with Crippen molar-refractivity contribution in [3.8, 4) is 0 Å². The third-order valence-electron chi connectivity index (χ3n) is 2.67. The molecule has 92 valence electrons. The van der Waals surface area contributed by atoms with Crippen molar-refractivity contribution < 1.29 is 14.7 Å². The molecule has 5 heteroatoms. The zero-order valence-electron chi connectivity index (χ0n) is 10.1. The number of hydrogen-bond donors (Lipinski definition) is 2. The second-order valence-electron chi connectivity index (χ2n) is 4.26. The molecule has 0 aliphatic rings. The Bertz CT molecular complexity index is 430. The lowest BCUT2D eigenvalue weighted by Gasteiger charge is -2.14. The Labute approximate surface area is 99.9 Å². The Morgan fingerprint density at radius 1 is 1.35 bits per heavy atom. The molecule has 0 fully saturated rings. The zero-order chi connectivity index (χ0) is 13.0. The van der Waals surface area contributed by atoms with Gasteiger partial charge in [-0.25, -0.2) is 9.78 Å². The molecule has 0 radical (unpaired) electrons. The van der Waals surface area contributed by atoms with Crippen molar-refractivity contribution in [3.63, 3.8) is 0 Å². The highest BCUT2D eigenvalue weighted by molar-refractivity contribution is 5.93. The number of aromatic nitrogens is 1. The van der Waals surface area contributed by atoms with Crippen LogP contribution in [0, 0.1) is 11.8 Å². The lowest BCUT2D eigenvalue weighted by atomic mass is 9.97. The van der Waals surface area contributed by atoms with Crippen LogP contribution >= 0.6 is 0 Å². The van der Waals surface area contributed by atoms with Gasteiger partial charge in [-0.15, -0.1) is 0 Å². The van der Waals surface area contributed by atoms with Crippen molar-refractivity contribution in [2.24, 2.45) is 11.8 Å². The van der Waals surface area contributed by atoms with Crippen molar-refractivity contribution in [2.45, 2.75) is 20.8 Å². The first-order valence-corrected chi connectivity index (χ1v) is 5.42. The summed E-state index contributed by atoms with van der Waals surface area (Å²) in [6.45, 7) is 5.72. The Morgan fingerprint density at radius 3 is 2.53 bits per heavy atom. The van der Waals surface area contributed by atoms with Gasteiger partial charge in [-0.2, -0.15) is 0 Å². The molecular weight excluding hydrogens is 220 g/mol. The molecule has 1 aromatic rings. The van der Waals surface area contributed by atoms with E-state index in [0.717, 1.165) is 0 Å². The largest absolute Gasteiger partial charge is 0.478 e. The van der Waals surface area contributed by atoms with E-state index < -0.39 is 5.97 Å². The van der Waals surface area contributed by atoms with Crippen molar-refractivity contribution in [2.75, 3.05) is 5.32 Å². The third-order valence-corrected chi connectivity index (χ3v) is 2.67. The molecule has 0 saturated carbocycles. The fourth-order valence-corrected chi connectivity index (χ4v) is 1.17. The standard InChI is InChI=1S/C12H16N2O3/c1-7(2)8(3)11(15)14-10-6-9(12(16)17)4-5-13-10/h4-8H,1-3H3,(H,16,17)(H,13,14,15). The van der Waals surface area contributed by atoms with Gasteiger partial charge in [0.2, 0.25) is 5.91 Å². The van der Waals surface area contributed by atoms with E-state index in [0.29, 0.717) is 0 Å². The summed E-state index contributed by atoms with van der Waals surface area (Å²) in [4.78, 5) is 26.4. The van der Waals surface area contributed by atoms with Crippen LogP contribution in [0.25, 0.3) is 0 Å². The van der Waals surface area contributed by atoms with Gasteiger partial charge in [0, 0.05) is 12.1 Å². The molecule has 1 heterocycles. The van der Waals surface area contributed by atoms with E-state index in [1.807, 2.05) is 20.8 Å². The van der Waals surface area contributed by atoms with Gasteiger partial charge in [0.05, 0.1) is 5.56 Å². The fraction of sp³-hybridized carbons (Fsp3) is 0.417. The smallest absolute Gasteiger partial charge is 0.335 e. The van der Waals surface area contributed by atoms with Crippen LogP contribution in [0.15, 0.2) is 18.3 Å². The van der Waals surface area contributed by atoms with Crippen LogP contribution in [0.3, 0.4) is 0 Å². The first-order valence-electron chi connectivity index (χ1n) is 5.42. The van der Waals surface area contributed by atoms with E-state index in [1.54, 1.807) is 0 Å². The molecule has 1 aromatic heterocycles. The van der Waals surface area contributed by atoms with Gasteiger partial charge >= 0.3 is 5.97 Å². The van der Waals surface area contributed by atoms with E-state index in [4.69, 9.17) is 5.11 Å². The second kappa shape index (κ2) is 5.43. The molecule has 5 nitrogen and oxygen atoms in total. The van der Waals surface area contributed by atoms with E-state index >= 15 is 0 Å². The summed E-state index contributed by atoms with van der Waals surface area (Å²) in [6, 6.07) is 2.72. The third kappa shape index (κ3) is 3.55. The SMILES string of the molecule is CC(C)C(C)C(=O)Nc1cc(C(=O)O)ccn1. The summed E-state index contributed by atoms with van der Waals surface area (Å²) in [5.41, 5.74) is 0.104. The van der Waals surface area contributed by atoms with Crippen molar-refractivity contribution in [3.05, 3.63) is 23.9 Å². The Balaban J connectivity index is 2.78. The maximum absolute atomic E-state index is 11.7. The molecule has 0 spiro atoms. The summed E-state index contributed by atoms with van der Waals surface area (Å²) in [7, 11) is 0. The zero-order valence-corrected chi connectivity index (χ0v) is 10.1. The predicted octanol–water partition coefficient (Wildman–Crippen LogP) is 2.01. The summed E-state index contributed by atoms with van der Waals surface area (Å²) >= 11 is 0. The molecule has 1 atom stereocenters. The molecule has 0 aliphatic heterocycles. The number of carboxylic acids is 1. The molecule has 1 unspecified atom stereocenters. The molecular formula is C12H16N2O3. The maximum Gasteiger partial charge on any atom is 0.335 e. The fourth-order valence-electron chi connectivity index (χ4n) is 1.17. The van der Waals surface area contributed by atoms with Crippen molar-refractivity contribution in [1.29, 1.82) is 0 Å². The van der Waals surface area contributed by atoms with E-state index in [9.17, 15) is 9.59 Å². The molecule has 0 bridgehead atoms. The molecule has 2 N–H and O–H groups in total. The van der Waals surface area contributed by atoms with Gasteiger partial charge in [-0.05, 0) is 18.1 Å². The average Bonchev–Trinajstić information content (AvgIpc) is 2.28. The van der Waals surface area contributed by atoms with Gasteiger partial charge in [0.15, 0.2) is 0 Å². The van der Waals surface area contributed by atoms with Gasteiger partial charge in [0.25, 0.3) is 0 Å². The van der Waals surface area contributed by atoms with Crippen LogP contribution in [-0.4, -0.2) is 22.0 Å². The second-order valence-corrected chi connectivity index (χ2v) is 4.26. The summed E-state index contributed by atoms with van der Waals surface area (Å²) in [6.07, 6.45) is 1.36. The number of anilines is 1. The number of amides is 1. The summed E-state index contributed by atoms with van der Waals surface area (Å²) in [5, 5.41) is 11.4. The number of carbonyl (C=O) groups is 2. The van der Waals surface area contributed by atoms with E-state index in [-0.39, 0.29) is 29.1 Å². The average molecular weight is 236 g/mol. The predicted molar refractivity (Wildman–Crippen MR) is 63.8 cm³/mol. The van der Waals surface area contributed by atoms with Crippen molar-refractivity contribution in [1.82, 2.24) is 4.98 Å². The number of pyridine rings is 1. The van der Waals surface area contributed by atoms with Crippen molar-refractivity contribution >= 4 is 17.7 Å². The number of nitrogens with zero attached hydrogens (tertiary/aromatic N) is 1. The lowest BCUT2D eigenvalue weighted by molar-refractivity contribution is -0.120. The monoisotopic (exact) mass is 236 g/mol. The van der Waals surface area contributed by atoms with Gasteiger partial charge in [0.1, 0.15) is 5.82 Å². The topological polar surface area (TPSA) is 79.3 Å². The highest BCUT2D eigenvalue weighted by Gasteiger charge is 2.17. The number of carbonyl (C=O) groups excluding carboxylic acids is 1. The summed E-state index contributed by atoms with van der Waals surface area (Å²) < 4.78 is 0. The number of nitrogens with one attached hydrogen (secondary N) is 1. The Kier molecular flexibility index (Phi) is 4.20. The molecule has 0 aromatic carbocycles. The minimum Gasteiger partial charge on any atom is -0.478 e. The highest BCUT2D eigenvalue weighted by Crippen LogP contribution is 2.13. The molecule has 17 heavy (non-hydrogen) atoms. The van der Waals surface area contributed by atoms with Crippen LogP contribution < -0.4 is 5.32 Å². The van der Waals surface area contributed by atoms with Crippen LogP contribution in [0.5, 0.6) is 0 Å². The maximum atomic E-state index is 11.7. The van der Waals surface area contributed by atoms with Gasteiger partial charge in [-0.3, -0.25) is 4.79 Å². The van der Waals surface area contributed by atoms with Crippen LogP contribution in [0.1, 0.15) is 31.1 Å². The molecule has 1 rings (SSSR count). The number of hydrogen-bond acceptors (Lipinski definition) is 3. The number of carboxylic acid groups (broad SMARTS) is 1. The number of rotatable bonds is 4. The minimum absolute atomic E-state index is 0.104. The molecule has 1 amide bonds. The lowest BCUT2D eigenvalue weighted by Crippen LogP contribution is -2.24. The van der Waals surface area contributed by atoms with E-state index in [1.165, 1.54) is 18.3 Å². The van der Waals surface area contributed by atoms with Gasteiger partial charge in [-0.1, -0.05) is 20.8 Å². The number of aromatic carboxylic acids is 1. The minimum atomic E-state index is -1.04. The summed E-state index contributed by atoms with van der Waals surface area (Å²) in [5.74, 6) is -0.861. The van der Waals surface area contributed by atoms with Gasteiger partial charge < -0.3 is 10.4 Å².